The Morgan fingerprint density at radius 1 is 0.667 bits per heavy atom. The second-order valence-corrected chi connectivity index (χ2v) is 8.11. The molecular formula is C24H47NO5. The van der Waals surface area contributed by atoms with Crippen LogP contribution in [0.15, 0.2) is 0 Å². The Bertz CT molecular complexity index is 390. The van der Waals surface area contributed by atoms with Gasteiger partial charge in [0.1, 0.15) is 6.61 Å². The second kappa shape index (κ2) is 24.1. The van der Waals surface area contributed by atoms with Crippen molar-refractivity contribution >= 4 is 11.9 Å². The molecule has 2 N–H and O–H groups in total. The summed E-state index contributed by atoms with van der Waals surface area (Å²) in [5, 5.41) is 11.2. The van der Waals surface area contributed by atoms with Crippen LogP contribution >= 0.6 is 0 Å². The Labute approximate surface area is 184 Å². The van der Waals surface area contributed by atoms with Gasteiger partial charge in [0.25, 0.3) is 0 Å². The molecule has 0 unspecified atom stereocenters. The van der Waals surface area contributed by atoms with Crippen molar-refractivity contribution in [2.45, 2.75) is 110 Å². The van der Waals surface area contributed by atoms with E-state index in [2.05, 4.69) is 12.2 Å². The van der Waals surface area contributed by atoms with Crippen LogP contribution in [0.5, 0.6) is 0 Å². The van der Waals surface area contributed by atoms with Crippen LogP contribution in [0.1, 0.15) is 110 Å². The minimum atomic E-state index is -0.985. The number of hydrogen-bond acceptors (Lipinski definition) is 4. The number of nitrogens with one attached hydrogen (secondary N) is 1. The first-order chi connectivity index (χ1) is 14.7. The van der Waals surface area contributed by atoms with Crippen LogP contribution in [-0.4, -0.2) is 50.0 Å². The summed E-state index contributed by atoms with van der Waals surface area (Å²) in [5.74, 6) is -0.906. The molecule has 0 spiro atoms. The normalized spacial score (nSPS) is 11.0. The highest BCUT2D eigenvalue weighted by Crippen LogP contribution is 2.13. The van der Waals surface area contributed by atoms with Gasteiger partial charge in [-0.15, -0.1) is 0 Å². The van der Waals surface area contributed by atoms with Crippen LogP contribution in [0.25, 0.3) is 0 Å². The molecule has 178 valence electrons. The fourth-order valence-corrected chi connectivity index (χ4v) is 3.39. The molecule has 0 saturated carbocycles. The average molecular weight is 430 g/mol. The topological polar surface area (TPSA) is 84.9 Å². The van der Waals surface area contributed by atoms with Gasteiger partial charge < -0.3 is 19.9 Å². The van der Waals surface area contributed by atoms with Crippen molar-refractivity contribution in [1.82, 2.24) is 5.32 Å². The van der Waals surface area contributed by atoms with E-state index in [-0.39, 0.29) is 19.1 Å². The van der Waals surface area contributed by atoms with Crippen LogP contribution in [0.2, 0.25) is 0 Å². The van der Waals surface area contributed by atoms with Gasteiger partial charge in [0.2, 0.25) is 5.91 Å². The highest BCUT2D eigenvalue weighted by molar-refractivity contribution is 5.75. The zero-order valence-corrected chi connectivity index (χ0v) is 19.4. The first kappa shape index (κ1) is 28.9. The van der Waals surface area contributed by atoms with Crippen molar-refractivity contribution < 1.29 is 24.2 Å². The summed E-state index contributed by atoms with van der Waals surface area (Å²) in [5.41, 5.74) is 0. The molecule has 0 aliphatic rings. The number of unbranched alkanes of at least 4 members (excludes halogenated alkanes) is 14. The SMILES string of the molecule is CCCCCCCCCCCCCCCCCC(=O)NCCOCCOCC(=O)O. The Morgan fingerprint density at radius 2 is 1.13 bits per heavy atom. The van der Waals surface area contributed by atoms with Crippen molar-refractivity contribution in [3.05, 3.63) is 0 Å². The summed E-state index contributed by atoms with van der Waals surface area (Å²) in [4.78, 5) is 22.0. The number of hydrogen-bond donors (Lipinski definition) is 2. The standard InChI is InChI=1S/C24H47NO5/c1-2-3-4-5-6-7-8-9-10-11-12-13-14-15-16-17-23(26)25-18-19-29-20-21-30-22-24(27)28/h2-22H2,1H3,(H,25,26)(H,27,28). The molecule has 0 rings (SSSR count). The maximum Gasteiger partial charge on any atom is 0.329 e. The van der Waals surface area contributed by atoms with Gasteiger partial charge in [-0.2, -0.15) is 0 Å². The van der Waals surface area contributed by atoms with Crippen molar-refractivity contribution in [3.63, 3.8) is 0 Å². The van der Waals surface area contributed by atoms with Crippen LogP contribution in [0.3, 0.4) is 0 Å². The largest absolute Gasteiger partial charge is 0.480 e. The van der Waals surface area contributed by atoms with Gasteiger partial charge >= 0.3 is 5.97 Å². The molecule has 0 heterocycles. The lowest BCUT2D eigenvalue weighted by molar-refractivity contribution is -0.142. The second-order valence-electron chi connectivity index (χ2n) is 8.11. The quantitative estimate of drug-likeness (QED) is 0.198. The molecule has 1 amide bonds. The van der Waals surface area contributed by atoms with E-state index >= 15 is 0 Å². The molecule has 0 aromatic heterocycles. The minimum absolute atomic E-state index is 0.0791. The third-order valence-corrected chi connectivity index (χ3v) is 5.17. The lowest BCUT2D eigenvalue weighted by Gasteiger charge is -2.07. The molecule has 0 aliphatic heterocycles. The van der Waals surface area contributed by atoms with Crippen molar-refractivity contribution in [1.29, 1.82) is 0 Å². The number of carboxylic acids is 1. The van der Waals surface area contributed by atoms with Gasteiger partial charge in [-0.3, -0.25) is 4.79 Å². The first-order valence-corrected chi connectivity index (χ1v) is 12.3. The smallest absolute Gasteiger partial charge is 0.329 e. The van der Waals surface area contributed by atoms with E-state index < -0.39 is 5.97 Å². The van der Waals surface area contributed by atoms with Crippen LogP contribution in [0.4, 0.5) is 0 Å². The van der Waals surface area contributed by atoms with Gasteiger partial charge in [0, 0.05) is 13.0 Å². The zero-order chi connectivity index (χ0) is 22.1. The average Bonchev–Trinajstić information content (AvgIpc) is 2.72. The Hall–Kier alpha value is -1.14. The third kappa shape index (κ3) is 24.9. The Kier molecular flexibility index (Phi) is 23.2. The van der Waals surface area contributed by atoms with Crippen LogP contribution < -0.4 is 5.32 Å². The molecule has 0 aromatic carbocycles. The number of aliphatic carboxylic acids is 1. The maximum absolute atomic E-state index is 11.7. The minimum Gasteiger partial charge on any atom is -0.480 e. The summed E-state index contributed by atoms with van der Waals surface area (Å²) >= 11 is 0. The number of carbonyl (C=O) groups is 2. The summed E-state index contributed by atoms with van der Waals surface area (Å²) in [7, 11) is 0. The highest BCUT2D eigenvalue weighted by Gasteiger charge is 2.01. The van der Waals surface area contributed by atoms with Crippen molar-refractivity contribution in [2.75, 3.05) is 33.0 Å². The highest BCUT2D eigenvalue weighted by atomic mass is 16.5. The maximum atomic E-state index is 11.7. The number of ether oxygens (including phenoxy) is 2. The van der Waals surface area contributed by atoms with E-state index in [1.54, 1.807) is 0 Å². The van der Waals surface area contributed by atoms with E-state index in [0.29, 0.717) is 26.2 Å². The number of rotatable bonds is 24. The van der Waals surface area contributed by atoms with E-state index in [4.69, 9.17) is 14.6 Å². The van der Waals surface area contributed by atoms with E-state index in [1.807, 2.05) is 0 Å². The summed E-state index contributed by atoms with van der Waals surface area (Å²) < 4.78 is 10.1. The summed E-state index contributed by atoms with van der Waals surface area (Å²) in [6.07, 6.45) is 20.5. The Morgan fingerprint density at radius 3 is 1.63 bits per heavy atom. The molecule has 0 saturated heterocycles. The predicted octanol–water partition coefficient (Wildman–Crippen LogP) is 5.48. The van der Waals surface area contributed by atoms with Crippen LogP contribution in [-0.2, 0) is 19.1 Å². The number of carboxylic acid groups (broad SMARTS) is 1. The lowest BCUT2D eigenvalue weighted by Crippen LogP contribution is -2.27. The monoisotopic (exact) mass is 429 g/mol. The molecule has 30 heavy (non-hydrogen) atoms. The molecule has 6 nitrogen and oxygen atoms in total. The fraction of sp³-hybridized carbons (Fsp3) is 0.917. The molecular weight excluding hydrogens is 382 g/mol. The molecule has 0 bridgehead atoms. The summed E-state index contributed by atoms with van der Waals surface area (Å²) in [6.45, 7) is 3.45. The molecule has 0 radical (unpaired) electrons. The van der Waals surface area contributed by atoms with E-state index in [9.17, 15) is 9.59 Å². The van der Waals surface area contributed by atoms with Crippen molar-refractivity contribution in [2.24, 2.45) is 0 Å². The molecule has 0 aliphatic carbocycles. The number of carbonyl (C=O) groups excluding carboxylic acids is 1. The molecule has 6 heteroatoms. The molecule has 0 atom stereocenters. The fourth-order valence-electron chi connectivity index (χ4n) is 3.39. The predicted molar refractivity (Wildman–Crippen MR) is 122 cm³/mol. The first-order valence-electron chi connectivity index (χ1n) is 12.3. The van der Waals surface area contributed by atoms with Gasteiger partial charge in [-0.25, -0.2) is 4.79 Å². The van der Waals surface area contributed by atoms with Gasteiger partial charge in [0.05, 0.1) is 19.8 Å². The zero-order valence-electron chi connectivity index (χ0n) is 19.4. The van der Waals surface area contributed by atoms with Crippen LogP contribution in [0, 0.1) is 0 Å². The van der Waals surface area contributed by atoms with Gasteiger partial charge in [-0.1, -0.05) is 96.8 Å². The van der Waals surface area contributed by atoms with E-state index in [1.165, 1.54) is 83.5 Å². The lowest BCUT2D eigenvalue weighted by atomic mass is 10.0. The molecule has 0 fully saturated rings. The number of amides is 1. The van der Waals surface area contributed by atoms with Gasteiger partial charge in [0.15, 0.2) is 0 Å². The van der Waals surface area contributed by atoms with Crippen molar-refractivity contribution in [3.8, 4) is 0 Å². The molecule has 0 aromatic rings. The third-order valence-electron chi connectivity index (χ3n) is 5.17. The van der Waals surface area contributed by atoms with E-state index in [0.717, 1.165) is 12.8 Å². The van der Waals surface area contributed by atoms with Gasteiger partial charge in [-0.05, 0) is 6.42 Å². The summed E-state index contributed by atoms with van der Waals surface area (Å²) in [6, 6.07) is 0. The Balaban J connectivity index is 3.15.